The number of amides is 2. The van der Waals surface area contributed by atoms with Gasteiger partial charge in [-0.05, 0) is 31.0 Å². The van der Waals surface area contributed by atoms with Crippen LogP contribution in [0.25, 0.3) is 0 Å². The predicted octanol–water partition coefficient (Wildman–Crippen LogP) is 2.92. The zero-order chi connectivity index (χ0) is 19.1. The highest BCUT2D eigenvalue weighted by Crippen LogP contribution is 2.27. The van der Waals surface area contributed by atoms with E-state index in [4.69, 9.17) is 10.2 Å². The fourth-order valence-corrected chi connectivity index (χ4v) is 4.07. The second-order valence-corrected chi connectivity index (χ2v) is 7.60. The molecule has 0 bridgehead atoms. The van der Waals surface area contributed by atoms with E-state index in [1.807, 2.05) is 36.4 Å². The summed E-state index contributed by atoms with van der Waals surface area (Å²) < 4.78 is 5.51. The second kappa shape index (κ2) is 11.1. The molecule has 0 spiro atoms. The lowest BCUT2D eigenvalue weighted by molar-refractivity contribution is -0.126. The Morgan fingerprint density at radius 3 is 2.79 bits per heavy atom. The lowest BCUT2D eigenvalue weighted by atomic mass is 9.96. The number of carbonyl (C=O) groups excluding carboxylic acids is 2. The van der Waals surface area contributed by atoms with E-state index >= 15 is 0 Å². The summed E-state index contributed by atoms with van der Waals surface area (Å²) in [5.74, 6) is 0.681. The van der Waals surface area contributed by atoms with E-state index < -0.39 is 0 Å². The maximum atomic E-state index is 12.9. The summed E-state index contributed by atoms with van der Waals surface area (Å²) in [6.07, 6.45) is 3.15. The maximum Gasteiger partial charge on any atom is 0.289 e. The van der Waals surface area contributed by atoms with Crippen LogP contribution in [0, 0.1) is 5.92 Å². The van der Waals surface area contributed by atoms with Crippen molar-refractivity contribution in [1.82, 2.24) is 10.2 Å². The Balaban J connectivity index is 0.00000280. The molecule has 152 valence electrons. The lowest BCUT2D eigenvalue weighted by Gasteiger charge is -2.31. The van der Waals surface area contributed by atoms with Gasteiger partial charge in [-0.25, -0.2) is 0 Å². The average molecular weight is 424 g/mol. The van der Waals surface area contributed by atoms with Gasteiger partial charge in [0.15, 0.2) is 5.76 Å². The minimum absolute atomic E-state index is 0. The number of hydrogen-bond acceptors (Lipinski definition) is 5. The number of halogens is 1. The normalized spacial score (nSPS) is 16.3. The van der Waals surface area contributed by atoms with Crippen molar-refractivity contribution in [2.24, 2.45) is 11.7 Å². The molecule has 3 N–H and O–H groups in total. The second-order valence-electron chi connectivity index (χ2n) is 6.55. The van der Waals surface area contributed by atoms with Crippen molar-refractivity contribution in [3.63, 3.8) is 0 Å². The van der Waals surface area contributed by atoms with Gasteiger partial charge in [-0.15, -0.1) is 24.2 Å². The van der Waals surface area contributed by atoms with Crippen LogP contribution in [-0.2, 0) is 10.5 Å². The van der Waals surface area contributed by atoms with Crippen LogP contribution in [0.1, 0.15) is 29.0 Å². The van der Waals surface area contributed by atoms with E-state index in [0.29, 0.717) is 37.7 Å². The highest BCUT2D eigenvalue weighted by molar-refractivity contribution is 7.98. The van der Waals surface area contributed by atoms with Gasteiger partial charge >= 0.3 is 0 Å². The van der Waals surface area contributed by atoms with Crippen LogP contribution in [0.4, 0.5) is 0 Å². The van der Waals surface area contributed by atoms with Crippen molar-refractivity contribution in [2.45, 2.75) is 23.5 Å². The van der Waals surface area contributed by atoms with Gasteiger partial charge < -0.3 is 20.4 Å². The Morgan fingerprint density at radius 2 is 2.04 bits per heavy atom. The molecule has 0 aliphatic carbocycles. The molecule has 1 unspecified atom stereocenters. The number of rotatable bonds is 7. The smallest absolute Gasteiger partial charge is 0.289 e. The molecule has 1 saturated heterocycles. The largest absolute Gasteiger partial charge is 0.459 e. The lowest BCUT2D eigenvalue weighted by Crippen LogP contribution is -2.46. The molecule has 1 fully saturated rings. The molecule has 1 aromatic carbocycles. The molecule has 1 aliphatic rings. The van der Waals surface area contributed by atoms with Gasteiger partial charge in [0.25, 0.3) is 5.91 Å². The fourth-order valence-electron chi connectivity index (χ4n) is 3.17. The highest BCUT2D eigenvalue weighted by atomic mass is 35.5. The Hall–Kier alpha value is -1.96. The molecule has 2 heterocycles. The van der Waals surface area contributed by atoms with Crippen molar-refractivity contribution in [1.29, 1.82) is 0 Å². The number of benzene rings is 1. The van der Waals surface area contributed by atoms with Gasteiger partial charge in [0, 0.05) is 42.4 Å². The molecule has 2 amide bonds. The van der Waals surface area contributed by atoms with Gasteiger partial charge in [0.1, 0.15) is 0 Å². The zero-order valence-corrected chi connectivity index (χ0v) is 17.3. The summed E-state index contributed by atoms with van der Waals surface area (Å²) >= 11 is 1.66. The number of nitrogens with two attached hydrogens (primary N) is 1. The van der Waals surface area contributed by atoms with Crippen LogP contribution in [0.15, 0.2) is 52.0 Å². The van der Waals surface area contributed by atoms with Crippen molar-refractivity contribution in [3.8, 4) is 0 Å². The number of furan rings is 1. The number of piperidine rings is 1. The summed E-state index contributed by atoms with van der Waals surface area (Å²) in [6, 6.07) is 11.9. The first kappa shape index (κ1) is 22.3. The molecular formula is C20H26ClN3O3S. The maximum absolute atomic E-state index is 12.9. The molecule has 28 heavy (non-hydrogen) atoms. The van der Waals surface area contributed by atoms with E-state index in [0.717, 1.165) is 23.3 Å². The minimum atomic E-state index is -0.189. The first-order valence-electron chi connectivity index (χ1n) is 9.20. The molecule has 1 aliphatic heterocycles. The van der Waals surface area contributed by atoms with Gasteiger partial charge in [0.05, 0.1) is 12.2 Å². The summed E-state index contributed by atoms with van der Waals surface area (Å²) in [5.41, 5.74) is 6.32. The monoisotopic (exact) mass is 423 g/mol. The SMILES string of the molecule is Cl.NCCNC(=O)C1CCCN(C(=O)c2occc2CSc2ccccc2)C1. The van der Waals surface area contributed by atoms with Crippen molar-refractivity contribution < 1.29 is 14.0 Å². The highest BCUT2D eigenvalue weighted by Gasteiger charge is 2.30. The van der Waals surface area contributed by atoms with Crippen molar-refractivity contribution in [2.75, 3.05) is 26.2 Å². The van der Waals surface area contributed by atoms with Crippen molar-refractivity contribution in [3.05, 3.63) is 54.0 Å². The summed E-state index contributed by atoms with van der Waals surface area (Å²) in [4.78, 5) is 28.0. The number of nitrogens with one attached hydrogen (secondary N) is 1. The molecular weight excluding hydrogens is 398 g/mol. The molecule has 1 atom stereocenters. The zero-order valence-electron chi connectivity index (χ0n) is 15.6. The third kappa shape index (κ3) is 5.77. The molecule has 8 heteroatoms. The molecule has 0 saturated carbocycles. The van der Waals surface area contributed by atoms with E-state index in [-0.39, 0.29) is 30.1 Å². The first-order valence-corrected chi connectivity index (χ1v) is 10.2. The topological polar surface area (TPSA) is 88.6 Å². The summed E-state index contributed by atoms with van der Waals surface area (Å²) in [7, 11) is 0. The van der Waals surface area contributed by atoms with Crippen LogP contribution in [0.2, 0.25) is 0 Å². The molecule has 3 rings (SSSR count). The number of nitrogens with zero attached hydrogens (tertiary/aromatic N) is 1. The standard InChI is InChI=1S/C20H25N3O3S.ClH/c21-9-10-22-19(24)15-5-4-11-23(13-15)20(25)18-16(8-12-26-18)14-27-17-6-2-1-3-7-17;/h1-3,6-8,12,15H,4-5,9-11,13-14,21H2,(H,22,24);1H. The van der Waals surface area contributed by atoms with Crippen LogP contribution in [0.5, 0.6) is 0 Å². The Kier molecular flexibility index (Phi) is 8.89. The van der Waals surface area contributed by atoms with E-state index in [1.165, 1.54) is 0 Å². The summed E-state index contributed by atoms with van der Waals surface area (Å²) in [6.45, 7) is 1.94. The number of likely N-dealkylation sites (tertiary alicyclic amines) is 1. The van der Waals surface area contributed by atoms with Gasteiger partial charge in [0.2, 0.25) is 5.91 Å². The van der Waals surface area contributed by atoms with Crippen LogP contribution >= 0.6 is 24.2 Å². The molecule has 0 radical (unpaired) electrons. The van der Waals surface area contributed by atoms with Crippen LogP contribution < -0.4 is 11.1 Å². The van der Waals surface area contributed by atoms with Gasteiger partial charge in [-0.1, -0.05) is 18.2 Å². The Morgan fingerprint density at radius 1 is 1.25 bits per heavy atom. The molecule has 6 nitrogen and oxygen atoms in total. The Labute approximate surface area is 175 Å². The third-order valence-electron chi connectivity index (χ3n) is 4.60. The minimum Gasteiger partial charge on any atom is -0.459 e. The van der Waals surface area contributed by atoms with Gasteiger partial charge in [-0.2, -0.15) is 0 Å². The quantitative estimate of drug-likeness (QED) is 0.668. The predicted molar refractivity (Wildman–Crippen MR) is 113 cm³/mol. The van der Waals surface area contributed by atoms with Crippen LogP contribution in [0.3, 0.4) is 0 Å². The number of thioether (sulfide) groups is 1. The number of hydrogen-bond donors (Lipinski definition) is 2. The van der Waals surface area contributed by atoms with E-state index in [9.17, 15) is 9.59 Å². The van der Waals surface area contributed by atoms with Crippen molar-refractivity contribution >= 4 is 36.0 Å². The number of carbonyl (C=O) groups is 2. The Bertz CT molecular complexity index is 769. The average Bonchev–Trinajstić information content (AvgIpc) is 3.19. The molecule has 1 aromatic heterocycles. The van der Waals surface area contributed by atoms with E-state index in [1.54, 1.807) is 22.9 Å². The first-order chi connectivity index (χ1) is 13.2. The third-order valence-corrected chi connectivity index (χ3v) is 5.66. The molecule has 2 aromatic rings. The fraction of sp³-hybridized carbons (Fsp3) is 0.400. The summed E-state index contributed by atoms with van der Waals surface area (Å²) in [5, 5.41) is 2.82. The van der Waals surface area contributed by atoms with E-state index in [2.05, 4.69) is 5.32 Å². The van der Waals surface area contributed by atoms with Crippen LogP contribution in [-0.4, -0.2) is 42.9 Å². The van der Waals surface area contributed by atoms with Gasteiger partial charge in [-0.3, -0.25) is 9.59 Å².